The Morgan fingerprint density at radius 3 is 3.06 bits per heavy atom. The highest BCUT2D eigenvalue weighted by Crippen LogP contribution is 2.20. The summed E-state index contributed by atoms with van der Waals surface area (Å²) in [5.41, 5.74) is 1.24. The lowest BCUT2D eigenvalue weighted by atomic mass is 10.0. The van der Waals surface area contributed by atoms with E-state index in [4.69, 9.17) is 4.98 Å². The third-order valence-corrected chi connectivity index (χ3v) is 4.46. The van der Waals surface area contributed by atoms with E-state index in [1.165, 1.54) is 36.5 Å². The van der Waals surface area contributed by atoms with E-state index in [-0.39, 0.29) is 0 Å². The van der Waals surface area contributed by atoms with Crippen molar-refractivity contribution < 1.29 is 0 Å². The minimum atomic E-state index is 0.527. The van der Waals surface area contributed by atoms with Gasteiger partial charge in [-0.25, -0.2) is 4.98 Å². The summed E-state index contributed by atoms with van der Waals surface area (Å²) in [5, 5.41) is 6.85. The minimum Gasteiger partial charge on any atom is -0.308 e. The van der Waals surface area contributed by atoms with Gasteiger partial charge >= 0.3 is 0 Å². The van der Waals surface area contributed by atoms with Gasteiger partial charge in [-0.15, -0.1) is 11.3 Å². The number of nitrogens with zero attached hydrogens (tertiary/aromatic N) is 2. The number of aromatic nitrogens is 1. The molecule has 0 bridgehead atoms. The molecule has 0 aromatic carbocycles. The third-order valence-electron chi connectivity index (χ3n) is 3.57. The van der Waals surface area contributed by atoms with E-state index in [1.807, 2.05) is 0 Å². The Morgan fingerprint density at radius 1 is 1.50 bits per heavy atom. The highest BCUT2D eigenvalue weighted by Gasteiger charge is 2.19. The van der Waals surface area contributed by atoms with Gasteiger partial charge < -0.3 is 5.32 Å². The van der Waals surface area contributed by atoms with Crippen molar-refractivity contribution in [1.82, 2.24) is 15.2 Å². The van der Waals surface area contributed by atoms with Gasteiger partial charge in [0.25, 0.3) is 0 Å². The highest BCUT2D eigenvalue weighted by molar-refractivity contribution is 7.09. The summed E-state index contributed by atoms with van der Waals surface area (Å²) >= 11 is 1.78. The zero-order chi connectivity index (χ0) is 13.0. The number of piperidine rings is 1. The summed E-state index contributed by atoms with van der Waals surface area (Å²) < 4.78 is 0. The van der Waals surface area contributed by atoms with Gasteiger partial charge in [-0.2, -0.15) is 0 Å². The van der Waals surface area contributed by atoms with Gasteiger partial charge in [0.15, 0.2) is 0 Å². The summed E-state index contributed by atoms with van der Waals surface area (Å²) in [6, 6.07) is 1.25. The second-order valence-corrected chi connectivity index (χ2v) is 6.53. The molecule has 1 aromatic heterocycles. The molecule has 4 heteroatoms. The lowest BCUT2D eigenvalue weighted by Crippen LogP contribution is -2.36. The van der Waals surface area contributed by atoms with Crippen LogP contribution in [0.3, 0.4) is 0 Å². The molecule has 1 aliphatic heterocycles. The average Bonchev–Trinajstić information content (AvgIpc) is 2.77. The number of thiazole rings is 1. The molecule has 0 saturated carbocycles. The van der Waals surface area contributed by atoms with Crippen LogP contribution in [0.4, 0.5) is 0 Å². The lowest BCUT2D eigenvalue weighted by molar-refractivity contribution is 0.151. The summed E-state index contributed by atoms with van der Waals surface area (Å²) in [6.07, 6.45) is 4.07. The molecule has 1 unspecified atom stereocenters. The first-order chi connectivity index (χ1) is 8.65. The van der Waals surface area contributed by atoms with E-state index in [0.717, 1.165) is 19.1 Å². The fraction of sp³-hybridized carbons (Fsp3) is 0.786. The van der Waals surface area contributed by atoms with Crippen LogP contribution in [0.5, 0.6) is 0 Å². The third kappa shape index (κ3) is 4.04. The van der Waals surface area contributed by atoms with Crippen LogP contribution in [0.15, 0.2) is 5.38 Å². The molecule has 3 nitrogen and oxygen atoms in total. The van der Waals surface area contributed by atoms with Gasteiger partial charge in [0.05, 0.1) is 5.69 Å². The van der Waals surface area contributed by atoms with Crippen molar-refractivity contribution in [1.29, 1.82) is 0 Å². The van der Waals surface area contributed by atoms with Crippen LogP contribution in [0.25, 0.3) is 0 Å². The topological polar surface area (TPSA) is 28.2 Å². The standard InChI is InChI=1S/C14H25N3S/c1-11(2)15-8-14-16-13(10-18-14)9-17-7-5-4-6-12(17)3/h10-12,15H,4-9H2,1-3H3. The Bertz CT molecular complexity index is 362. The first kappa shape index (κ1) is 14.0. The van der Waals surface area contributed by atoms with Crippen molar-refractivity contribution in [3.8, 4) is 0 Å². The van der Waals surface area contributed by atoms with Gasteiger partial charge in [-0.3, -0.25) is 4.90 Å². The molecule has 1 atom stereocenters. The first-order valence-corrected chi connectivity index (χ1v) is 7.94. The lowest BCUT2D eigenvalue weighted by Gasteiger charge is -2.32. The second-order valence-electron chi connectivity index (χ2n) is 5.58. The number of hydrogen-bond donors (Lipinski definition) is 1. The molecule has 2 heterocycles. The van der Waals surface area contributed by atoms with Crippen LogP contribution in [-0.2, 0) is 13.1 Å². The molecular formula is C14H25N3S. The monoisotopic (exact) mass is 267 g/mol. The van der Waals surface area contributed by atoms with Gasteiger partial charge in [-0.1, -0.05) is 20.3 Å². The number of nitrogens with one attached hydrogen (secondary N) is 1. The van der Waals surface area contributed by atoms with Gasteiger partial charge in [0.1, 0.15) is 5.01 Å². The molecule has 2 rings (SSSR count). The maximum Gasteiger partial charge on any atom is 0.107 e. The molecule has 1 fully saturated rings. The van der Waals surface area contributed by atoms with Crippen molar-refractivity contribution in [3.63, 3.8) is 0 Å². The summed E-state index contributed by atoms with van der Waals surface area (Å²) in [4.78, 5) is 7.29. The Hall–Kier alpha value is -0.450. The quantitative estimate of drug-likeness (QED) is 0.889. The van der Waals surface area contributed by atoms with E-state index >= 15 is 0 Å². The maximum absolute atomic E-state index is 4.73. The molecule has 0 aliphatic carbocycles. The molecular weight excluding hydrogens is 242 g/mol. The summed E-state index contributed by atoms with van der Waals surface area (Å²) in [7, 11) is 0. The average molecular weight is 267 g/mol. The Balaban J connectivity index is 1.85. The van der Waals surface area contributed by atoms with Crippen LogP contribution in [0.1, 0.15) is 50.7 Å². The van der Waals surface area contributed by atoms with Gasteiger partial charge in [0.2, 0.25) is 0 Å². The normalized spacial score (nSPS) is 21.7. The molecule has 0 spiro atoms. The number of rotatable bonds is 5. The summed E-state index contributed by atoms with van der Waals surface area (Å²) in [6.45, 7) is 9.84. The molecule has 1 aromatic rings. The smallest absolute Gasteiger partial charge is 0.107 e. The van der Waals surface area contributed by atoms with Crippen molar-refractivity contribution in [3.05, 3.63) is 16.1 Å². The van der Waals surface area contributed by atoms with Crippen molar-refractivity contribution >= 4 is 11.3 Å². The molecule has 18 heavy (non-hydrogen) atoms. The molecule has 102 valence electrons. The molecule has 1 N–H and O–H groups in total. The van der Waals surface area contributed by atoms with Crippen molar-refractivity contribution in [2.24, 2.45) is 0 Å². The molecule has 1 saturated heterocycles. The van der Waals surface area contributed by atoms with Crippen molar-refractivity contribution in [2.75, 3.05) is 6.54 Å². The molecule has 0 amide bonds. The zero-order valence-corrected chi connectivity index (χ0v) is 12.6. The SMILES string of the molecule is CC(C)NCc1nc(CN2CCCCC2C)cs1. The Morgan fingerprint density at radius 2 is 2.33 bits per heavy atom. The van der Waals surface area contributed by atoms with Crippen LogP contribution in [0, 0.1) is 0 Å². The highest BCUT2D eigenvalue weighted by atomic mass is 32.1. The Labute approximate surface area is 115 Å². The summed E-state index contributed by atoms with van der Waals surface area (Å²) in [5.74, 6) is 0. The van der Waals surface area contributed by atoms with Crippen molar-refractivity contribution in [2.45, 2.75) is 65.2 Å². The zero-order valence-electron chi connectivity index (χ0n) is 11.8. The number of hydrogen-bond acceptors (Lipinski definition) is 4. The largest absolute Gasteiger partial charge is 0.308 e. The van der Waals surface area contributed by atoms with E-state index in [1.54, 1.807) is 11.3 Å². The van der Waals surface area contributed by atoms with Crippen LogP contribution >= 0.6 is 11.3 Å². The predicted molar refractivity (Wildman–Crippen MR) is 77.8 cm³/mol. The second kappa shape index (κ2) is 6.64. The maximum atomic E-state index is 4.73. The van der Waals surface area contributed by atoms with E-state index in [2.05, 4.69) is 36.4 Å². The minimum absolute atomic E-state index is 0.527. The van der Waals surface area contributed by atoms with Crippen LogP contribution in [-0.4, -0.2) is 28.5 Å². The van der Waals surface area contributed by atoms with E-state index in [9.17, 15) is 0 Å². The molecule has 1 aliphatic rings. The fourth-order valence-electron chi connectivity index (χ4n) is 2.39. The van der Waals surface area contributed by atoms with Crippen LogP contribution in [0.2, 0.25) is 0 Å². The van der Waals surface area contributed by atoms with Crippen LogP contribution < -0.4 is 5.32 Å². The Kier molecular flexibility index (Phi) is 5.15. The number of likely N-dealkylation sites (tertiary alicyclic amines) is 1. The van der Waals surface area contributed by atoms with E-state index in [0.29, 0.717) is 6.04 Å². The van der Waals surface area contributed by atoms with Gasteiger partial charge in [0, 0.05) is 30.6 Å². The van der Waals surface area contributed by atoms with E-state index < -0.39 is 0 Å². The van der Waals surface area contributed by atoms with Gasteiger partial charge in [-0.05, 0) is 26.3 Å². The predicted octanol–water partition coefficient (Wildman–Crippen LogP) is 3.02. The fourth-order valence-corrected chi connectivity index (χ4v) is 3.13. The molecule has 0 radical (unpaired) electrons. The first-order valence-electron chi connectivity index (χ1n) is 7.06.